The number of carbonyl (C=O) groups is 1. The van der Waals surface area contributed by atoms with E-state index in [0.29, 0.717) is 36.9 Å². The first-order valence-corrected chi connectivity index (χ1v) is 12.1. The highest BCUT2D eigenvalue weighted by Gasteiger charge is 2.26. The number of aromatic nitrogens is 4. The maximum absolute atomic E-state index is 12.8. The van der Waals surface area contributed by atoms with Crippen LogP contribution in [-0.2, 0) is 0 Å². The molecule has 0 saturated carbocycles. The highest BCUT2D eigenvalue weighted by molar-refractivity contribution is 6.31. The van der Waals surface area contributed by atoms with Crippen LogP contribution in [0.5, 0.6) is 0 Å². The number of anilines is 2. The molecule has 2 amide bonds. The van der Waals surface area contributed by atoms with E-state index in [-0.39, 0.29) is 6.03 Å². The quantitative estimate of drug-likeness (QED) is 0.435. The summed E-state index contributed by atoms with van der Waals surface area (Å²) < 4.78 is 1.96. The van der Waals surface area contributed by atoms with Crippen molar-refractivity contribution in [1.29, 1.82) is 0 Å². The Balaban J connectivity index is 1.35. The third-order valence-electron chi connectivity index (χ3n) is 6.55. The standard InChI is InChI=1S/C26H28ClN7O/c1-16-5-9-21(10-6-16)34-19(4)23-18(3)29-30-25(24(23)31-34)32-11-13-33(14-12-32)26(35)28-20-8-7-17(2)22(27)15-20/h5-10,15H,11-14H2,1-4H3,(H,28,35). The third-order valence-corrected chi connectivity index (χ3v) is 6.96. The molecule has 0 aliphatic carbocycles. The summed E-state index contributed by atoms with van der Waals surface area (Å²) in [5, 5.41) is 18.5. The van der Waals surface area contributed by atoms with E-state index < -0.39 is 0 Å². The molecule has 4 aromatic rings. The Morgan fingerprint density at radius 2 is 1.66 bits per heavy atom. The average Bonchev–Trinajstić information content (AvgIpc) is 3.20. The minimum absolute atomic E-state index is 0.135. The Labute approximate surface area is 209 Å². The fourth-order valence-corrected chi connectivity index (χ4v) is 4.64. The molecule has 2 aromatic heterocycles. The van der Waals surface area contributed by atoms with Crippen molar-refractivity contribution in [3.8, 4) is 5.69 Å². The van der Waals surface area contributed by atoms with Gasteiger partial charge in [-0.3, -0.25) is 0 Å². The molecule has 5 rings (SSSR count). The molecule has 9 heteroatoms. The number of amides is 2. The molecule has 8 nitrogen and oxygen atoms in total. The number of hydrogen-bond acceptors (Lipinski definition) is 5. The fraction of sp³-hybridized carbons (Fsp3) is 0.308. The molecule has 180 valence electrons. The zero-order valence-electron chi connectivity index (χ0n) is 20.3. The van der Waals surface area contributed by atoms with Crippen LogP contribution in [0.4, 0.5) is 16.3 Å². The van der Waals surface area contributed by atoms with Crippen LogP contribution in [0.3, 0.4) is 0 Å². The lowest BCUT2D eigenvalue weighted by atomic mass is 10.2. The normalized spacial score (nSPS) is 14.0. The maximum Gasteiger partial charge on any atom is 0.321 e. The maximum atomic E-state index is 12.8. The zero-order valence-corrected chi connectivity index (χ0v) is 21.1. The van der Waals surface area contributed by atoms with Crippen molar-refractivity contribution < 1.29 is 4.79 Å². The Morgan fingerprint density at radius 1 is 0.943 bits per heavy atom. The monoisotopic (exact) mass is 489 g/mol. The van der Waals surface area contributed by atoms with E-state index >= 15 is 0 Å². The van der Waals surface area contributed by atoms with Gasteiger partial charge >= 0.3 is 6.03 Å². The third kappa shape index (κ3) is 4.41. The van der Waals surface area contributed by atoms with Gasteiger partial charge in [0.2, 0.25) is 0 Å². The molecular weight excluding hydrogens is 462 g/mol. The second-order valence-electron chi connectivity index (χ2n) is 9.03. The summed E-state index contributed by atoms with van der Waals surface area (Å²) in [6, 6.07) is 13.7. The molecular formula is C26H28ClN7O. The number of nitrogens with zero attached hydrogens (tertiary/aromatic N) is 6. The van der Waals surface area contributed by atoms with Crippen LogP contribution in [0.2, 0.25) is 5.02 Å². The van der Waals surface area contributed by atoms with Crippen molar-refractivity contribution in [1.82, 2.24) is 24.9 Å². The van der Waals surface area contributed by atoms with Gasteiger partial charge in [-0.1, -0.05) is 35.4 Å². The van der Waals surface area contributed by atoms with E-state index in [2.05, 4.69) is 58.5 Å². The Morgan fingerprint density at radius 3 is 2.34 bits per heavy atom. The molecule has 1 aliphatic heterocycles. The first-order valence-electron chi connectivity index (χ1n) is 11.7. The number of nitrogens with one attached hydrogen (secondary N) is 1. The van der Waals surface area contributed by atoms with E-state index in [9.17, 15) is 4.79 Å². The molecule has 0 spiro atoms. The molecule has 1 fully saturated rings. The lowest BCUT2D eigenvalue weighted by Gasteiger charge is -2.35. The molecule has 35 heavy (non-hydrogen) atoms. The molecule has 0 unspecified atom stereocenters. The number of rotatable bonds is 3. The van der Waals surface area contributed by atoms with Gasteiger partial charge in [-0.15, -0.1) is 5.10 Å². The van der Waals surface area contributed by atoms with Gasteiger partial charge in [0.15, 0.2) is 5.82 Å². The Kier molecular flexibility index (Phi) is 6.06. The van der Waals surface area contributed by atoms with E-state index in [1.54, 1.807) is 11.0 Å². The predicted octanol–water partition coefficient (Wildman–Crippen LogP) is 5.06. The van der Waals surface area contributed by atoms with Gasteiger partial charge in [-0.25, -0.2) is 9.48 Å². The zero-order chi connectivity index (χ0) is 24.7. The minimum Gasteiger partial charge on any atom is -0.350 e. The number of halogens is 1. The first-order chi connectivity index (χ1) is 16.8. The summed E-state index contributed by atoms with van der Waals surface area (Å²) in [6.07, 6.45) is 0. The van der Waals surface area contributed by atoms with E-state index in [1.807, 2.05) is 30.7 Å². The van der Waals surface area contributed by atoms with Crippen molar-refractivity contribution in [3.63, 3.8) is 0 Å². The Hall–Kier alpha value is -3.65. The summed E-state index contributed by atoms with van der Waals surface area (Å²) >= 11 is 6.20. The van der Waals surface area contributed by atoms with Crippen molar-refractivity contribution >= 4 is 40.0 Å². The van der Waals surface area contributed by atoms with E-state index in [0.717, 1.165) is 39.4 Å². The number of benzene rings is 2. The fourth-order valence-electron chi connectivity index (χ4n) is 4.46. The minimum atomic E-state index is -0.135. The summed E-state index contributed by atoms with van der Waals surface area (Å²) in [4.78, 5) is 16.8. The lowest BCUT2D eigenvalue weighted by Crippen LogP contribution is -2.50. The van der Waals surface area contributed by atoms with E-state index in [1.165, 1.54) is 5.56 Å². The topological polar surface area (TPSA) is 79.2 Å². The molecule has 1 saturated heterocycles. The largest absolute Gasteiger partial charge is 0.350 e. The number of piperazine rings is 1. The van der Waals surface area contributed by atoms with Gasteiger partial charge in [-0.2, -0.15) is 10.2 Å². The van der Waals surface area contributed by atoms with Crippen LogP contribution < -0.4 is 10.2 Å². The SMILES string of the molecule is Cc1ccc(-n2nc3c(N4CCN(C(=O)Nc5ccc(C)c(Cl)c5)CC4)nnc(C)c3c2C)cc1. The average molecular weight is 490 g/mol. The molecule has 0 radical (unpaired) electrons. The van der Waals surface area contributed by atoms with Crippen LogP contribution in [0.15, 0.2) is 42.5 Å². The van der Waals surface area contributed by atoms with Crippen LogP contribution in [0.25, 0.3) is 16.6 Å². The highest BCUT2D eigenvalue weighted by atomic mass is 35.5. The predicted molar refractivity (Wildman–Crippen MR) is 140 cm³/mol. The number of aryl methyl sites for hydroxylation is 4. The van der Waals surface area contributed by atoms with Crippen molar-refractivity contribution in [3.05, 3.63) is 70.0 Å². The van der Waals surface area contributed by atoms with Crippen LogP contribution >= 0.6 is 11.6 Å². The molecule has 2 aromatic carbocycles. The summed E-state index contributed by atoms with van der Waals surface area (Å²) in [5.74, 6) is 0.755. The summed E-state index contributed by atoms with van der Waals surface area (Å²) in [6.45, 7) is 10.5. The molecule has 0 atom stereocenters. The summed E-state index contributed by atoms with van der Waals surface area (Å²) in [5.41, 5.74) is 6.60. The van der Waals surface area contributed by atoms with E-state index in [4.69, 9.17) is 16.7 Å². The van der Waals surface area contributed by atoms with Crippen molar-refractivity contribution in [2.45, 2.75) is 27.7 Å². The van der Waals surface area contributed by atoms with Gasteiger partial charge in [0.25, 0.3) is 0 Å². The van der Waals surface area contributed by atoms with Gasteiger partial charge in [0.1, 0.15) is 5.52 Å². The number of carbonyl (C=O) groups excluding carboxylic acids is 1. The van der Waals surface area contributed by atoms with Crippen LogP contribution in [0.1, 0.15) is 22.5 Å². The second-order valence-corrected chi connectivity index (χ2v) is 9.44. The van der Waals surface area contributed by atoms with Gasteiger partial charge < -0.3 is 15.1 Å². The summed E-state index contributed by atoms with van der Waals surface area (Å²) in [7, 11) is 0. The van der Waals surface area contributed by atoms with Gasteiger partial charge in [0, 0.05) is 36.9 Å². The molecule has 0 bridgehead atoms. The van der Waals surface area contributed by atoms with Crippen molar-refractivity contribution in [2.75, 3.05) is 36.4 Å². The second kappa shape index (κ2) is 9.19. The van der Waals surface area contributed by atoms with Crippen LogP contribution in [-0.4, -0.2) is 57.1 Å². The van der Waals surface area contributed by atoms with Gasteiger partial charge in [-0.05, 0) is 57.5 Å². The smallest absolute Gasteiger partial charge is 0.321 e. The molecule has 1 N–H and O–H groups in total. The first kappa shape index (κ1) is 23.1. The number of hydrogen-bond donors (Lipinski definition) is 1. The molecule has 3 heterocycles. The Bertz CT molecular complexity index is 1410. The number of fused-ring (bicyclic) bond motifs is 1. The van der Waals surface area contributed by atoms with Crippen molar-refractivity contribution in [2.24, 2.45) is 0 Å². The highest BCUT2D eigenvalue weighted by Crippen LogP contribution is 2.30. The van der Waals surface area contributed by atoms with Gasteiger partial charge in [0.05, 0.1) is 22.5 Å². The number of urea groups is 1. The lowest BCUT2D eigenvalue weighted by molar-refractivity contribution is 0.208. The van der Waals surface area contributed by atoms with Crippen LogP contribution in [0, 0.1) is 27.7 Å². The molecule has 1 aliphatic rings.